The normalized spacial score (nSPS) is 10.3. The van der Waals surface area contributed by atoms with Gasteiger partial charge in [0.2, 0.25) is 0 Å². The van der Waals surface area contributed by atoms with Gasteiger partial charge in [-0.05, 0) is 11.6 Å². The molecule has 0 aliphatic carbocycles. The van der Waals surface area contributed by atoms with Crippen LogP contribution in [0.2, 0.25) is 0 Å². The minimum absolute atomic E-state index is 0.0509. The van der Waals surface area contributed by atoms with Crippen LogP contribution in [0.15, 0.2) is 30.3 Å². The number of rotatable bonds is 3. The summed E-state index contributed by atoms with van der Waals surface area (Å²) in [5.41, 5.74) is 0.224. The topological polar surface area (TPSA) is 80.3 Å². The molecule has 0 atom stereocenters. The lowest BCUT2D eigenvalue weighted by Gasteiger charge is -2.05. The van der Waals surface area contributed by atoms with Gasteiger partial charge in [0.1, 0.15) is 0 Å². The van der Waals surface area contributed by atoms with Crippen molar-refractivity contribution in [2.75, 3.05) is 0 Å². The molecule has 0 saturated carbocycles. The SMILES string of the molecule is O=C([O-])C=Cc1ccccc1C(=O)[O-]. The van der Waals surface area contributed by atoms with Gasteiger partial charge in [0.15, 0.2) is 0 Å². The van der Waals surface area contributed by atoms with Crippen molar-refractivity contribution in [1.82, 2.24) is 0 Å². The average molecular weight is 190 g/mol. The number of carbonyl (C=O) groups is 2. The quantitative estimate of drug-likeness (QED) is 0.561. The third-order valence-electron chi connectivity index (χ3n) is 1.58. The van der Waals surface area contributed by atoms with E-state index in [1.54, 1.807) is 6.07 Å². The Kier molecular flexibility index (Phi) is 3.01. The number of hydrogen-bond donors (Lipinski definition) is 0. The van der Waals surface area contributed by atoms with Crippen LogP contribution in [-0.2, 0) is 4.79 Å². The summed E-state index contributed by atoms with van der Waals surface area (Å²) in [6, 6.07) is 5.94. The number of carboxylic acids is 2. The molecule has 4 nitrogen and oxygen atoms in total. The van der Waals surface area contributed by atoms with Crippen LogP contribution < -0.4 is 10.2 Å². The first-order valence-electron chi connectivity index (χ1n) is 3.80. The molecule has 0 heterocycles. The number of carbonyl (C=O) groups excluding carboxylic acids is 2. The van der Waals surface area contributed by atoms with E-state index in [2.05, 4.69) is 0 Å². The molecular formula is C10H6O4-2. The summed E-state index contributed by atoms with van der Waals surface area (Å²) in [4.78, 5) is 20.7. The molecular weight excluding hydrogens is 184 g/mol. The van der Waals surface area contributed by atoms with E-state index in [1.807, 2.05) is 0 Å². The van der Waals surface area contributed by atoms with Crippen molar-refractivity contribution >= 4 is 18.0 Å². The first-order valence-corrected chi connectivity index (χ1v) is 3.80. The highest BCUT2D eigenvalue weighted by Gasteiger charge is 1.97. The lowest BCUT2D eigenvalue weighted by atomic mass is 10.1. The molecule has 0 unspecified atom stereocenters. The van der Waals surface area contributed by atoms with E-state index >= 15 is 0 Å². The molecule has 1 aromatic carbocycles. The van der Waals surface area contributed by atoms with Gasteiger partial charge in [0.25, 0.3) is 0 Å². The number of hydrogen-bond acceptors (Lipinski definition) is 4. The van der Waals surface area contributed by atoms with Crippen LogP contribution in [0.3, 0.4) is 0 Å². The van der Waals surface area contributed by atoms with E-state index in [-0.39, 0.29) is 11.1 Å². The molecule has 1 aromatic rings. The van der Waals surface area contributed by atoms with E-state index in [1.165, 1.54) is 18.2 Å². The van der Waals surface area contributed by atoms with E-state index < -0.39 is 11.9 Å². The van der Waals surface area contributed by atoms with Gasteiger partial charge in [-0.15, -0.1) is 0 Å². The fraction of sp³-hybridized carbons (Fsp3) is 0. The van der Waals surface area contributed by atoms with Crippen LogP contribution in [0.25, 0.3) is 6.08 Å². The zero-order valence-electron chi connectivity index (χ0n) is 7.10. The highest BCUT2D eigenvalue weighted by Crippen LogP contribution is 2.09. The summed E-state index contributed by atoms with van der Waals surface area (Å²) in [6.07, 6.45) is 1.92. The standard InChI is InChI=1S/C10H8O4/c11-9(12)6-5-7-3-1-2-4-8(7)10(13)14/h1-6H,(H,11,12)(H,13,14)/p-2. The molecule has 4 heteroatoms. The molecule has 0 spiro atoms. The van der Waals surface area contributed by atoms with Gasteiger partial charge in [-0.3, -0.25) is 0 Å². The second-order valence-electron chi connectivity index (χ2n) is 2.53. The van der Waals surface area contributed by atoms with Crippen molar-refractivity contribution in [3.05, 3.63) is 41.5 Å². The molecule has 0 aliphatic heterocycles. The van der Waals surface area contributed by atoms with Crippen LogP contribution in [0.4, 0.5) is 0 Å². The van der Waals surface area contributed by atoms with Crippen molar-refractivity contribution in [2.24, 2.45) is 0 Å². The number of aromatic carboxylic acids is 1. The number of aliphatic carboxylic acids is 1. The van der Waals surface area contributed by atoms with Gasteiger partial charge in [-0.1, -0.05) is 30.3 Å². The van der Waals surface area contributed by atoms with Crippen molar-refractivity contribution in [1.29, 1.82) is 0 Å². The predicted molar refractivity (Wildman–Crippen MR) is 44.8 cm³/mol. The Labute approximate surface area is 80.1 Å². The third kappa shape index (κ3) is 2.45. The zero-order chi connectivity index (χ0) is 10.6. The average Bonchev–Trinajstić information content (AvgIpc) is 2.15. The summed E-state index contributed by atoms with van der Waals surface area (Å²) in [5.74, 6) is -2.72. The molecule has 0 N–H and O–H groups in total. The Morgan fingerprint density at radius 1 is 1.14 bits per heavy atom. The molecule has 72 valence electrons. The van der Waals surface area contributed by atoms with Crippen molar-refractivity contribution in [3.63, 3.8) is 0 Å². The van der Waals surface area contributed by atoms with Gasteiger partial charge < -0.3 is 19.8 Å². The van der Waals surface area contributed by atoms with E-state index in [0.29, 0.717) is 0 Å². The molecule has 1 rings (SSSR count). The fourth-order valence-electron chi connectivity index (χ4n) is 0.986. The Bertz CT molecular complexity index is 393. The summed E-state index contributed by atoms with van der Waals surface area (Å²) in [5, 5.41) is 20.7. The van der Waals surface area contributed by atoms with Crippen molar-refractivity contribution in [2.45, 2.75) is 0 Å². The van der Waals surface area contributed by atoms with Crippen LogP contribution >= 0.6 is 0 Å². The van der Waals surface area contributed by atoms with E-state index in [4.69, 9.17) is 0 Å². The predicted octanol–water partition coefficient (Wildman–Crippen LogP) is -1.19. The van der Waals surface area contributed by atoms with E-state index in [0.717, 1.165) is 12.2 Å². The highest BCUT2D eigenvalue weighted by molar-refractivity contribution is 5.92. The maximum absolute atomic E-state index is 10.6. The lowest BCUT2D eigenvalue weighted by molar-refractivity contribution is -0.297. The minimum Gasteiger partial charge on any atom is -0.545 e. The molecule has 0 amide bonds. The monoisotopic (exact) mass is 190 g/mol. The molecule has 0 fully saturated rings. The smallest absolute Gasteiger partial charge is 0.0721 e. The van der Waals surface area contributed by atoms with Crippen molar-refractivity contribution < 1.29 is 19.8 Å². The van der Waals surface area contributed by atoms with Crippen LogP contribution in [0, 0.1) is 0 Å². The molecule has 0 saturated heterocycles. The van der Waals surface area contributed by atoms with Crippen molar-refractivity contribution in [3.8, 4) is 0 Å². The minimum atomic E-state index is -1.38. The first kappa shape index (κ1) is 9.98. The Morgan fingerprint density at radius 2 is 1.79 bits per heavy atom. The maximum Gasteiger partial charge on any atom is 0.0721 e. The van der Waals surface area contributed by atoms with Gasteiger partial charge in [0.05, 0.1) is 11.9 Å². The van der Waals surface area contributed by atoms with Gasteiger partial charge in [-0.25, -0.2) is 0 Å². The third-order valence-corrected chi connectivity index (χ3v) is 1.58. The Balaban J connectivity index is 3.07. The number of benzene rings is 1. The number of carboxylic acid groups (broad SMARTS) is 2. The summed E-state index contributed by atoms with van der Waals surface area (Å²) in [7, 11) is 0. The molecule has 0 aromatic heterocycles. The molecule has 0 aliphatic rings. The van der Waals surface area contributed by atoms with Gasteiger partial charge >= 0.3 is 0 Å². The lowest BCUT2D eigenvalue weighted by Crippen LogP contribution is -2.23. The fourth-order valence-corrected chi connectivity index (χ4v) is 0.986. The second-order valence-corrected chi connectivity index (χ2v) is 2.53. The summed E-state index contributed by atoms with van der Waals surface area (Å²) < 4.78 is 0. The van der Waals surface area contributed by atoms with Gasteiger partial charge in [0, 0.05) is 5.56 Å². The Hall–Kier alpha value is -2.10. The molecule has 0 radical (unpaired) electrons. The Morgan fingerprint density at radius 3 is 2.36 bits per heavy atom. The zero-order valence-corrected chi connectivity index (χ0v) is 7.10. The van der Waals surface area contributed by atoms with Gasteiger partial charge in [-0.2, -0.15) is 0 Å². The first-order chi connectivity index (χ1) is 6.61. The molecule has 14 heavy (non-hydrogen) atoms. The van der Waals surface area contributed by atoms with Crippen LogP contribution in [0.5, 0.6) is 0 Å². The second kappa shape index (κ2) is 4.23. The molecule has 0 bridgehead atoms. The van der Waals surface area contributed by atoms with Crippen LogP contribution in [0.1, 0.15) is 15.9 Å². The van der Waals surface area contributed by atoms with Crippen LogP contribution in [-0.4, -0.2) is 11.9 Å². The van der Waals surface area contributed by atoms with E-state index in [9.17, 15) is 19.8 Å². The summed E-state index contributed by atoms with van der Waals surface area (Å²) >= 11 is 0. The maximum atomic E-state index is 10.6. The largest absolute Gasteiger partial charge is 0.545 e. The highest BCUT2D eigenvalue weighted by atomic mass is 16.4. The summed E-state index contributed by atoms with van der Waals surface area (Å²) in [6.45, 7) is 0.